The zero-order valence-electron chi connectivity index (χ0n) is 14.0. The number of carbonyl (C=O) groups excluding carboxylic acids is 2. The van der Waals surface area contributed by atoms with Crippen molar-refractivity contribution in [3.05, 3.63) is 0 Å². The average Bonchev–Trinajstić information content (AvgIpc) is 3.01. The lowest BCUT2D eigenvalue weighted by molar-refractivity contribution is -0.168. The van der Waals surface area contributed by atoms with E-state index < -0.39 is 12.1 Å². The first kappa shape index (κ1) is 18.9. The molecule has 0 radical (unpaired) electrons. The summed E-state index contributed by atoms with van der Waals surface area (Å²) in [7, 11) is 0. The molecule has 0 aliphatic carbocycles. The largest absolute Gasteiger partial charge is 0.460 e. The third kappa shape index (κ3) is 8.37. The van der Waals surface area contributed by atoms with E-state index in [-0.39, 0.29) is 18.7 Å². The summed E-state index contributed by atoms with van der Waals surface area (Å²) in [6, 6.07) is 0. The van der Waals surface area contributed by atoms with Gasteiger partial charge in [0.25, 0.3) is 0 Å². The van der Waals surface area contributed by atoms with Gasteiger partial charge in [-0.2, -0.15) is 0 Å². The SMILES string of the molecule is CCCCCCCCC(=O)OC(C)C(=O)OCC1CCCO1. The molecule has 1 aliphatic heterocycles. The van der Waals surface area contributed by atoms with Crippen molar-refractivity contribution in [1.29, 1.82) is 0 Å². The van der Waals surface area contributed by atoms with Crippen LogP contribution in [0.5, 0.6) is 0 Å². The lowest BCUT2D eigenvalue weighted by atomic mass is 10.1. The summed E-state index contributed by atoms with van der Waals surface area (Å²) in [5, 5.41) is 0. The molecule has 0 aromatic rings. The molecule has 22 heavy (non-hydrogen) atoms. The first-order valence-electron chi connectivity index (χ1n) is 8.61. The number of carbonyl (C=O) groups is 2. The van der Waals surface area contributed by atoms with Crippen LogP contribution in [0.1, 0.15) is 71.6 Å². The molecule has 5 heteroatoms. The Bertz CT molecular complexity index is 323. The van der Waals surface area contributed by atoms with Crippen LogP contribution in [-0.2, 0) is 23.8 Å². The van der Waals surface area contributed by atoms with Gasteiger partial charge in [0.2, 0.25) is 0 Å². The molecule has 0 saturated carbocycles. The number of esters is 2. The summed E-state index contributed by atoms with van der Waals surface area (Å²) in [5.41, 5.74) is 0. The molecule has 1 aliphatic rings. The maximum Gasteiger partial charge on any atom is 0.347 e. The number of ether oxygens (including phenoxy) is 3. The Morgan fingerprint density at radius 1 is 1.18 bits per heavy atom. The van der Waals surface area contributed by atoms with Crippen molar-refractivity contribution in [2.24, 2.45) is 0 Å². The molecule has 0 bridgehead atoms. The highest BCUT2D eigenvalue weighted by atomic mass is 16.6. The second-order valence-electron chi connectivity index (χ2n) is 5.91. The third-order valence-corrected chi connectivity index (χ3v) is 3.81. The summed E-state index contributed by atoms with van der Waals surface area (Å²) in [4.78, 5) is 23.4. The molecule has 1 saturated heterocycles. The van der Waals surface area contributed by atoms with Crippen LogP contribution in [0.2, 0.25) is 0 Å². The second kappa shape index (κ2) is 11.5. The zero-order chi connectivity index (χ0) is 16.2. The fraction of sp³-hybridized carbons (Fsp3) is 0.882. The molecule has 1 heterocycles. The van der Waals surface area contributed by atoms with E-state index in [0.29, 0.717) is 6.42 Å². The van der Waals surface area contributed by atoms with Crippen LogP contribution < -0.4 is 0 Å². The molecule has 2 unspecified atom stereocenters. The Morgan fingerprint density at radius 3 is 2.59 bits per heavy atom. The average molecular weight is 314 g/mol. The number of unbranched alkanes of at least 4 members (excludes halogenated alkanes) is 5. The van der Waals surface area contributed by atoms with Gasteiger partial charge in [-0.1, -0.05) is 39.0 Å². The van der Waals surface area contributed by atoms with Crippen LogP contribution in [0.3, 0.4) is 0 Å². The molecule has 0 N–H and O–H groups in total. The lowest BCUT2D eigenvalue weighted by Gasteiger charge is -2.15. The van der Waals surface area contributed by atoms with Crippen molar-refractivity contribution < 1.29 is 23.8 Å². The Morgan fingerprint density at radius 2 is 1.91 bits per heavy atom. The molecular formula is C17H30O5. The summed E-state index contributed by atoms with van der Waals surface area (Å²) in [6.45, 7) is 4.71. The van der Waals surface area contributed by atoms with Crippen molar-refractivity contribution in [3.63, 3.8) is 0 Å². The normalized spacial score (nSPS) is 18.9. The Balaban J connectivity index is 2.05. The van der Waals surface area contributed by atoms with Crippen LogP contribution >= 0.6 is 0 Å². The van der Waals surface area contributed by atoms with Gasteiger partial charge < -0.3 is 14.2 Å². The maximum atomic E-state index is 11.7. The lowest BCUT2D eigenvalue weighted by Crippen LogP contribution is -2.29. The predicted molar refractivity (Wildman–Crippen MR) is 83.5 cm³/mol. The minimum absolute atomic E-state index is 0.00466. The van der Waals surface area contributed by atoms with Gasteiger partial charge in [-0.15, -0.1) is 0 Å². The summed E-state index contributed by atoms with van der Waals surface area (Å²) in [5.74, 6) is -0.816. The first-order valence-corrected chi connectivity index (χ1v) is 8.61. The Kier molecular flexibility index (Phi) is 9.87. The van der Waals surface area contributed by atoms with Crippen molar-refractivity contribution in [3.8, 4) is 0 Å². The van der Waals surface area contributed by atoms with Gasteiger partial charge in [0, 0.05) is 13.0 Å². The molecule has 0 amide bonds. The highest BCUT2D eigenvalue weighted by Gasteiger charge is 2.22. The van der Waals surface area contributed by atoms with E-state index in [1.807, 2.05) is 0 Å². The number of rotatable bonds is 11. The molecule has 0 aromatic heterocycles. The van der Waals surface area contributed by atoms with E-state index in [1.165, 1.54) is 19.3 Å². The third-order valence-electron chi connectivity index (χ3n) is 3.81. The predicted octanol–water partition coefficient (Wildman–Crippen LogP) is 3.39. The summed E-state index contributed by atoms with van der Waals surface area (Å²) >= 11 is 0. The van der Waals surface area contributed by atoms with Gasteiger partial charge in [-0.25, -0.2) is 4.79 Å². The van der Waals surface area contributed by atoms with E-state index >= 15 is 0 Å². The molecule has 5 nitrogen and oxygen atoms in total. The fourth-order valence-electron chi connectivity index (χ4n) is 2.42. The van der Waals surface area contributed by atoms with E-state index in [1.54, 1.807) is 6.92 Å². The van der Waals surface area contributed by atoms with Crippen molar-refractivity contribution in [2.75, 3.05) is 13.2 Å². The van der Waals surface area contributed by atoms with Crippen LogP contribution in [0.25, 0.3) is 0 Å². The number of hydrogen-bond donors (Lipinski definition) is 0. The Hall–Kier alpha value is -1.10. The van der Waals surface area contributed by atoms with Crippen LogP contribution in [-0.4, -0.2) is 37.4 Å². The second-order valence-corrected chi connectivity index (χ2v) is 5.91. The molecule has 1 fully saturated rings. The van der Waals surface area contributed by atoms with E-state index in [2.05, 4.69) is 6.92 Å². The monoisotopic (exact) mass is 314 g/mol. The maximum absolute atomic E-state index is 11.7. The molecule has 0 spiro atoms. The Labute approximate surface area is 133 Å². The van der Waals surface area contributed by atoms with Gasteiger partial charge in [0.15, 0.2) is 6.10 Å². The van der Waals surface area contributed by atoms with Crippen molar-refractivity contribution in [1.82, 2.24) is 0 Å². The molecule has 1 rings (SSSR count). The summed E-state index contributed by atoms with van der Waals surface area (Å²) in [6.07, 6.45) is 8.14. The fourth-order valence-corrected chi connectivity index (χ4v) is 2.42. The topological polar surface area (TPSA) is 61.8 Å². The van der Waals surface area contributed by atoms with Crippen molar-refractivity contribution in [2.45, 2.75) is 83.8 Å². The highest BCUT2D eigenvalue weighted by molar-refractivity contribution is 5.78. The van der Waals surface area contributed by atoms with E-state index in [4.69, 9.17) is 14.2 Å². The van der Waals surface area contributed by atoms with Gasteiger partial charge >= 0.3 is 11.9 Å². The van der Waals surface area contributed by atoms with Crippen molar-refractivity contribution >= 4 is 11.9 Å². The summed E-state index contributed by atoms with van der Waals surface area (Å²) < 4.78 is 15.6. The number of hydrogen-bond acceptors (Lipinski definition) is 5. The van der Waals surface area contributed by atoms with Gasteiger partial charge in [0.1, 0.15) is 6.61 Å². The van der Waals surface area contributed by atoms with Crippen LogP contribution in [0, 0.1) is 0 Å². The van der Waals surface area contributed by atoms with E-state index in [0.717, 1.165) is 38.7 Å². The van der Waals surface area contributed by atoms with E-state index in [9.17, 15) is 9.59 Å². The molecule has 2 atom stereocenters. The van der Waals surface area contributed by atoms with Gasteiger partial charge in [-0.05, 0) is 26.2 Å². The first-order chi connectivity index (χ1) is 10.6. The quantitative estimate of drug-likeness (QED) is 0.432. The zero-order valence-corrected chi connectivity index (χ0v) is 14.0. The molecule has 0 aromatic carbocycles. The van der Waals surface area contributed by atoms with Crippen LogP contribution in [0.4, 0.5) is 0 Å². The molecule has 128 valence electrons. The minimum Gasteiger partial charge on any atom is -0.460 e. The van der Waals surface area contributed by atoms with Gasteiger partial charge in [0.05, 0.1) is 6.10 Å². The van der Waals surface area contributed by atoms with Gasteiger partial charge in [-0.3, -0.25) is 4.79 Å². The standard InChI is InChI=1S/C17H30O5/c1-3-4-5-6-7-8-11-16(18)22-14(2)17(19)21-13-15-10-9-12-20-15/h14-15H,3-13H2,1-2H3. The minimum atomic E-state index is -0.839. The molecular weight excluding hydrogens is 284 g/mol. The van der Waals surface area contributed by atoms with Crippen LogP contribution in [0.15, 0.2) is 0 Å². The highest BCUT2D eigenvalue weighted by Crippen LogP contribution is 2.13. The smallest absolute Gasteiger partial charge is 0.347 e.